The Morgan fingerprint density at radius 2 is 1.76 bits per heavy atom. The van der Waals surface area contributed by atoms with Crippen LogP contribution in [-0.4, -0.2) is 6.54 Å². The van der Waals surface area contributed by atoms with E-state index in [1.54, 1.807) is 13.0 Å². The van der Waals surface area contributed by atoms with E-state index >= 15 is 0 Å². The van der Waals surface area contributed by atoms with Crippen molar-refractivity contribution in [2.45, 2.75) is 26.8 Å². The molecule has 2 rings (SSSR count). The summed E-state index contributed by atoms with van der Waals surface area (Å²) in [6.45, 7) is 6.29. The number of benzene rings is 2. The second-order valence-corrected chi connectivity index (χ2v) is 6.09. The molecule has 0 aliphatic heterocycles. The predicted octanol–water partition coefficient (Wildman–Crippen LogP) is 5.04. The molecule has 2 aromatic carbocycles. The van der Waals surface area contributed by atoms with Crippen molar-refractivity contribution >= 4 is 15.9 Å². The molecule has 1 atom stereocenters. The SMILES string of the molecule is CCNC(c1cc(C)cc(Br)c1)c1cc(C)c(F)cc1F. The Hall–Kier alpha value is -1.26. The van der Waals surface area contributed by atoms with Crippen molar-refractivity contribution < 1.29 is 8.78 Å². The van der Waals surface area contributed by atoms with Gasteiger partial charge in [-0.1, -0.05) is 28.9 Å². The highest BCUT2D eigenvalue weighted by molar-refractivity contribution is 9.10. The van der Waals surface area contributed by atoms with Gasteiger partial charge in [-0.15, -0.1) is 0 Å². The Labute approximate surface area is 132 Å². The van der Waals surface area contributed by atoms with Crippen LogP contribution in [0.1, 0.15) is 35.2 Å². The van der Waals surface area contributed by atoms with E-state index in [1.165, 1.54) is 0 Å². The molecule has 1 N–H and O–H groups in total. The fourth-order valence-corrected chi connectivity index (χ4v) is 3.07. The summed E-state index contributed by atoms with van der Waals surface area (Å²) in [6, 6.07) is 8.20. The summed E-state index contributed by atoms with van der Waals surface area (Å²) in [5.74, 6) is -1.04. The molecule has 0 bridgehead atoms. The third-order valence-electron chi connectivity index (χ3n) is 3.39. The monoisotopic (exact) mass is 353 g/mol. The molecule has 0 saturated carbocycles. The molecule has 0 aliphatic carbocycles. The van der Waals surface area contributed by atoms with Gasteiger partial charge in [0.15, 0.2) is 0 Å². The van der Waals surface area contributed by atoms with E-state index in [0.717, 1.165) is 21.7 Å². The summed E-state index contributed by atoms with van der Waals surface area (Å²) >= 11 is 3.47. The average Bonchev–Trinajstić information content (AvgIpc) is 2.39. The van der Waals surface area contributed by atoms with Crippen LogP contribution in [0.2, 0.25) is 0 Å². The Morgan fingerprint density at radius 3 is 2.38 bits per heavy atom. The molecule has 4 heteroatoms. The molecule has 0 aliphatic rings. The first-order valence-corrected chi connectivity index (χ1v) is 7.67. The minimum Gasteiger partial charge on any atom is -0.306 e. The molecular weight excluding hydrogens is 336 g/mol. The van der Waals surface area contributed by atoms with E-state index in [-0.39, 0.29) is 6.04 Å². The predicted molar refractivity (Wildman–Crippen MR) is 85.5 cm³/mol. The molecule has 2 aromatic rings. The van der Waals surface area contributed by atoms with E-state index < -0.39 is 11.6 Å². The molecule has 1 nitrogen and oxygen atoms in total. The molecule has 1 unspecified atom stereocenters. The van der Waals surface area contributed by atoms with E-state index in [4.69, 9.17) is 0 Å². The Morgan fingerprint density at radius 1 is 1.05 bits per heavy atom. The third-order valence-corrected chi connectivity index (χ3v) is 3.85. The number of nitrogens with one attached hydrogen (secondary N) is 1. The highest BCUT2D eigenvalue weighted by atomic mass is 79.9. The van der Waals surface area contributed by atoms with Crippen molar-refractivity contribution in [3.05, 3.63) is 68.7 Å². The van der Waals surface area contributed by atoms with Crippen LogP contribution in [0.5, 0.6) is 0 Å². The van der Waals surface area contributed by atoms with Crippen LogP contribution in [0.4, 0.5) is 8.78 Å². The number of aryl methyl sites for hydroxylation is 2. The van der Waals surface area contributed by atoms with Gasteiger partial charge in [-0.25, -0.2) is 8.78 Å². The highest BCUT2D eigenvalue weighted by Gasteiger charge is 2.19. The van der Waals surface area contributed by atoms with Gasteiger partial charge < -0.3 is 5.32 Å². The van der Waals surface area contributed by atoms with Crippen LogP contribution >= 0.6 is 15.9 Å². The van der Waals surface area contributed by atoms with Crippen molar-refractivity contribution in [2.75, 3.05) is 6.54 Å². The van der Waals surface area contributed by atoms with Crippen LogP contribution in [0.15, 0.2) is 34.8 Å². The van der Waals surface area contributed by atoms with Gasteiger partial charge in [-0.3, -0.25) is 0 Å². The van der Waals surface area contributed by atoms with Crippen molar-refractivity contribution in [2.24, 2.45) is 0 Å². The topological polar surface area (TPSA) is 12.0 Å². The third kappa shape index (κ3) is 3.69. The maximum atomic E-state index is 14.2. The molecule has 0 saturated heterocycles. The molecule has 21 heavy (non-hydrogen) atoms. The summed E-state index contributed by atoms with van der Waals surface area (Å²) in [5, 5.41) is 3.27. The van der Waals surface area contributed by atoms with Gasteiger partial charge in [-0.2, -0.15) is 0 Å². The van der Waals surface area contributed by atoms with Gasteiger partial charge in [0.1, 0.15) is 11.6 Å². The van der Waals surface area contributed by atoms with Gasteiger partial charge in [0.2, 0.25) is 0 Å². The quantitative estimate of drug-likeness (QED) is 0.811. The molecule has 0 radical (unpaired) electrons. The second kappa shape index (κ2) is 6.67. The first-order valence-electron chi connectivity index (χ1n) is 6.88. The van der Waals surface area contributed by atoms with E-state index in [1.807, 2.05) is 32.0 Å². The summed E-state index contributed by atoms with van der Waals surface area (Å²) in [7, 11) is 0. The number of halogens is 3. The lowest BCUT2D eigenvalue weighted by Crippen LogP contribution is -2.23. The van der Waals surface area contributed by atoms with Crippen molar-refractivity contribution in [3.8, 4) is 0 Å². The minimum atomic E-state index is -0.526. The van der Waals surface area contributed by atoms with Crippen molar-refractivity contribution in [3.63, 3.8) is 0 Å². The fraction of sp³-hybridized carbons (Fsp3) is 0.294. The van der Waals surface area contributed by atoms with Gasteiger partial charge >= 0.3 is 0 Å². The Balaban J connectivity index is 2.55. The summed E-state index contributed by atoms with van der Waals surface area (Å²) in [6.07, 6.45) is 0. The van der Waals surface area contributed by atoms with Crippen molar-refractivity contribution in [1.82, 2.24) is 5.32 Å². The smallest absolute Gasteiger partial charge is 0.131 e. The van der Waals surface area contributed by atoms with Gasteiger partial charge in [0, 0.05) is 16.1 Å². The van der Waals surface area contributed by atoms with Gasteiger partial charge in [0.25, 0.3) is 0 Å². The van der Waals surface area contributed by atoms with Crippen LogP contribution in [0.3, 0.4) is 0 Å². The highest BCUT2D eigenvalue weighted by Crippen LogP contribution is 2.29. The molecule has 0 heterocycles. The zero-order valence-corrected chi connectivity index (χ0v) is 13.9. The molecule has 112 valence electrons. The van der Waals surface area contributed by atoms with Crippen LogP contribution in [-0.2, 0) is 0 Å². The number of hydrogen-bond donors (Lipinski definition) is 1. The molecule has 0 spiro atoms. The Bertz CT molecular complexity index is 635. The first-order chi connectivity index (χ1) is 9.92. The zero-order chi connectivity index (χ0) is 15.6. The van der Waals surface area contributed by atoms with E-state index in [9.17, 15) is 8.78 Å². The summed E-state index contributed by atoms with van der Waals surface area (Å²) in [5.41, 5.74) is 2.95. The lowest BCUT2D eigenvalue weighted by molar-refractivity contribution is 0.537. The van der Waals surface area contributed by atoms with Crippen molar-refractivity contribution in [1.29, 1.82) is 0 Å². The summed E-state index contributed by atoms with van der Waals surface area (Å²) in [4.78, 5) is 0. The molecular formula is C17H18BrF2N. The standard InChI is InChI=1S/C17H18BrF2N/c1-4-21-17(12-5-10(2)6-13(18)8-12)14-7-11(3)15(19)9-16(14)20/h5-9,17,21H,4H2,1-3H3. The average molecular weight is 354 g/mol. The van der Waals surface area contributed by atoms with Crippen LogP contribution < -0.4 is 5.32 Å². The lowest BCUT2D eigenvalue weighted by atomic mass is 9.95. The van der Waals surface area contributed by atoms with Crippen LogP contribution in [0.25, 0.3) is 0 Å². The molecule has 0 amide bonds. The van der Waals surface area contributed by atoms with Gasteiger partial charge in [0.05, 0.1) is 6.04 Å². The Kier molecular flexibility index (Phi) is 5.12. The number of hydrogen-bond acceptors (Lipinski definition) is 1. The number of rotatable bonds is 4. The van der Waals surface area contributed by atoms with Gasteiger partial charge in [-0.05, 0) is 55.3 Å². The molecule has 0 fully saturated rings. The van der Waals surface area contributed by atoms with E-state index in [0.29, 0.717) is 17.7 Å². The van der Waals surface area contributed by atoms with Crippen LogP contribution in [0, 0.1) is 25.5 Å². The lowest BCUT2D eigenvalue weighted by Gasteiger charge is -2.21. The largest absolute Gasteiger partial charge is 0.306 e. The van der Waals surface area contributed by atoms with E-state index in [2.05, 4.69) is 21.2 Å². The maximum Gasteiger partial charge on any atom is 0.131 e. The first kappa shape index (κ1) is 16.1. The normalized spacial score (nSPS) is 12.5. The second-order valence-electron chi connectivity index (χ2n) is 5.18. The minimum absolute atomic E-state index is 0.300. The summed E-state index contributed by atoms with van der Waals surface area (Å²) < 4.78 is 28.6. The molecule has 0 aromatic heterocycles. The zero-order valence-electron chi connectivity index (χ0n) is 12.3. The maximum absolute atomic E-state index is 14.2. The fourth-order valence-electron chi connectivity index (χ4n) is 2.44.